The number of halogens is 1. The maximum absolute atomic E-state index is 13.4. The quantitative estimate of drug-likeness (QED) is 0.261. The van der Waals surface area contributed by atoms with Gasteiger partial charge in [0, 0.05) is 68.3 Å². The number of ether oxygens (including phenoxy) is 2. The van der Waals surface area contributed by atoms with Crippen LogP contribution in [0.3, 0.4) is 0 Å². The Kier molecular flexibility index (Phi) is 12.1. The van der Waals surface area contributed by atoms with Crippen LogP contribution in [0.1, 0.15) is 67.4 Å². The summed E-state index contributed by atoms with van der Waals surface area (Å²) in [6, 6.07) is 11.3. The Hall–Kier alpha value is -4.04. The number of sulfonamides is 1. The molecular formula is C42H53ClN6O6S. The molecule has 56 heavy (non-hydrogen) atoms. The minimum atomic E-state index is -3.97. The Morgan fingerprint density at radius 1 is 1.05 bits per heavy atom. The number of fused-ring (bicyclic) bond motifs is 4. The summed E-state index contributed by atoms with van der Waals surface area (Å²) in [5, 5.41) is 3.18. The number of piperazine rings is 1. The van der Waals surface area contributed by atoms with Crippen molar-refractivity contribution in [3.8, 4) is 5.75 Å². The predicted molar refractivity (Wildman–Crippen MR) is 218 cm³/mol. The molecule has 2 bridgehead atoms. The monoisotopic (exact) mass is 804 g/mol. The van der Waals surface area contributed by atoms with Gasteiger partial charge in [-0.15, -0.1) is 0 Å². The third-order valence-corrected chi connectivity index (χ3v) is 14.9. The molecule has 0 unspecified atom stereocenters. The van der Waals surface area contributed by atoms with Crippen LogP contribution in [0.2, 0.25) is 5.02 Å². The van der Waals surface area contributed by atoms with E-state index in [1.165, 1.54) is 11.1 Å². The average molecular weight is 805 g/mol. The highest BCUT2D eigenvalue weighted by atomic mass is 35.5. The second-order valence-electron chi connectivity index (χ2n) is 16.0. The van der Waals surface area contributed by atoms with Crippen molar-refractivity contribution in [2.75, 3.05) is 62.8 Å². The number of hydrogen-bond acceptors (Lipinski definition) is 11. The van der Waals surface area contributed by atoms with E-state index in [1.807, 2.05) is 37.5 Å². The molecule has 12 nitrogen and oxygen atoms in total. The van der Waals surface area contributed by atoms with E-state index in [1.54, 1.807) is 38.6 Å². The number of aromatic nitrogens is 2. The Morgan fingerprint density at radius 3 is 2.55 bits per heavy atom. The molecule has 1 spiro atoms. The van der Waals surface area contributed by atoms with Gasteiger partial charge in [-0.05, 0) is 105 Å². The number of aryl methyl sites for hydroxylation is 1. The molecule has 4 heterocycles. The molecule has 6 atom stereocenters. The van der Waals surface area contributed by atoms with Crippen LogP contribution in [0.25, 0.3) is 0 Å². The number of nitrogens with one attached hydrogen (secondary N) is 2. The smallest absolute Gasteiger partial charge is 0.264 e. The number of carbonyl (C=O) groups excluding carboxylic acids is 2. The van der Waals surface area contributed by atoms with Gasteiger partial charge in [-0.1, -0.05) is 30.7 Å². The summed E-state index contributed by atoms with van der Waals surface area (Å²) < 4.78 is 41.3. The van der Waals surface area contributed by atoms with Gasteiger partial charge in [0.15, 0.2) is 6.29 Å². The van der Waals surface area contributed by atoms with Gasteiger partial charge in [-0.3, -0.25) is 9.59 Å². The summed E-state index contributed by atoms with van der Waals surface area (Å²) >= 11 is 6.40. The van der Waals surface area contributed by atoms with Gasteiger partial charge in [-0.2, -0.15) is 0 Å². The number of carbonyl (C=O) groups is 2. The molecule has 3 aliphatic heterocycles. The Bertz CT molecular complexity index is 2030. The lowest BCUT2D eigenvalue weighted by Crippen LogP contribution is -2.53. The maximum atomic E-state index is 13.4. The Labute approximate surface area is 335 Å². The van der Waals surface area contributed by atoms with E-state index in [0.717, 1.165) is 75.9 Å². The van der Waals surface area contributed by atoms with Crippen molar-refractivity contribution in [2.45, 2.75) is 68.6 Å². The summed E-state index contributed by atoms with van der Waals surface area (Å²) in [5.41, 5.74) is 3.17. The van der Waals surface area contributed by atoms with Crippen LogP contribution < -0.4 is 24.6 Å². The molecule has 1 amide bonds. The normalized spacial score (nSPS) is 30.5. The fraction of sp³-hybridized carbons (Fsp3) is 0.524. The van der Waals surface area contributed by atoms with Crippen molar-refractivity contribution in [1.29, 1.82) is 0 Å². The topological polar surface area (TPSA) is 143 Å². The number of benzene rings is 2. The maximum Gasteiger partial charge on any atom is 0.264 e. The third-order valence-electron chi connectivity index (χ3n) is 12.7. The SMILES string of the molecule is CO[C@@]1(C=O)/C=C/C[C@H](C)[C@@H](C)S(=O)(=O)NC(=O)c2ccc3c(c2)N(C[C@@H]2CC[C@H]21)C[C@@]1(CCCc2cc(Cl)ccc21)CO3.c1ncc(N2CCNCC2)cn1. The van der Waals surface area contributed by atoms with Gasteiger partial charge in [-0.25, -0.2) is 23.1 Å². The van der Waals surface area contributed by atoms with E-state index >= 15 is 0 Å². The number of allylic oxidation sites excluding steroid dienone is 1. The molecular weight excluding hydrogens is 752 g/mol. The van der Waals surface area contributed by atoms with Crippen molar-refractivity contribution < 1.29 is 27.5 Å². The molecule has 1 saturated heterocycles. The molecule has 2 N–H and O–H groups in total. The standard InChI is InChI=1S/C34H41ClN2O6S.C8H12N4/c1-22-6-4-15-34(20-38,42-3)29-11-8-26(29)18-37-19-33(14-5-7-24-16-27(35)10-12-28(24)33)21-43-31-13-9-25(17-30(31)37)32(39)36-44(40,41)23(22)2;1-3-12(4-2-9-1)8-5-10-7-11-6-8/h4,9-10,12-13,15-17,20,22-23,26,29H,5-8,11,14,18-19,21H2,1-3H3,(H,36,39);5-7,9H,1-4H2/b15-4+;/t22-,23+,26-,29+,33-,34+;/m0./s1. The summed E-state index contributed by atoms with van der Waals surface area (Å²) in [5.74, 6) is -0.203. The number of methoxy groups -OCH3 is 1. The zero-order chi connectivity index (χ0) is 39.5. The first-order chi connectivity index (χ1) is 27.0. The molecule has 2 aromatic carbocycles. The summed E-state index contributed by atoms with van der Waals surface area (Å²) in [4.78, 5) is 38.6. The van der Waals surface area contributed by atoms with Crippen LogP contribution >= 0.6 is 11.6 Å². The average Bonchev–Trinajstić information content (AvgIpc) is 3.35. The molecule has 1 aromatic heterocycles. The van der Waals surface area contributed by atoms with Gasteiger partial charge in [0.25, 0.3) is 5.91 Å². The van der Waals surface area contributed by atoms with E-state index in [0.29, 0.717) is 36.9 Å². The van der Waals surface area contributed by atoms with Crippen LogP contribution in [-0.2, 0) is 31.4 Å². The number of anilines is 2. The Balaban J connectivity index is 0.000000339. The van der Waals surface area contributed by atoms with Crippen LogP contribution in [0.5, 0.6) is 5.75 Å². The summed E-state index contributed by atoms with van der Waals surface area (Å²) in [6.45, 7) is 9.37. The van der Waals surface area contributed by atoms with Gasteiger partial charge in [0.05, 0.1) is 35.6 Å². The van der Waals surface area contributed by atoms with Crippen molar-refractivity contribution in [2.24, 2.45) is 17.8 Å². The van der Waals surface area contributed by atoms with E-state index in [-0.39, 0.29) is 28.7 Å². The number of aldehydes is 1. The first kappa shape index (κ1) is 40.2. The number of amides is 1. The van der Waals surface area contributed by atoms with Gasteiger partial charge < -0.3 is 24.6 Å². The van der Waals surface area contributed by atoms with Crippen molar-refractivity contribution in [3.63, 3.8) is 0 Å². The van der Waals surface area contributed by atoms with Crippen LogP contribution in [-0.4, -0.2) is 94.4 Å². The lowest BCUT2D eigenvalue weighted by molar-refractivity contribution is -0.135. The van der Waals surface area contributed by atoms with E-state index < -0.39 is 26.8 Å². The van der Waals surface area contributed by atoms with Crippen molar-refractivity contribution in [1.82, 2.24) is 20.0 Å². The van der Waals surface area contributed by atoms with Crippen molar-refractivity contribution >= 4 is 45.2 Å². The van der Waals surface area contributed by atoms with Crippen LogP contribution in [0.15, 0.2) is 67.3 Å². The first-order valence-electron chi connectivity index (χ1n) is 19.7. The second-order valence-corrected chi connectivity index (χ2v) is 18.5. The zero-order valence-corrected chi connectivity index (χ0v) is 34.0. The highest BCUT2D eigenvalue weighted by molar-refractivity contribution is 7.90. The minimum Gasteiger partial charge on any atom is -0.490 e. The lowest BCUT2D eigenvalue weighted by Gasteiger charge is -2.48. The van der Waals surface area contributed by atoms with Crippen LogP contribution in [0, 0.1) is 17.8 Å². The van der Waals surface area contributed by atoms with E-state index in [9.17, 15) is 18.0 Å². The van der Waals surface area contributed by atoms with Crippen molar-refractivity contribution in [3.05, 3.63) is 89.0 Å². The fourth-order valence-corrected chi connectivity index (χ4v) is 10.5. The van der Waals surface area contributed by atoms with Gasteiger partial charge >= 0.3 is 0 Å². The molecule has 0 radical (unpaired) electrons. The molecule has 5 aliphatic rings. The lowest BCUT2D eigenvalue weighted by atomic mass is 9.64. The highest BCUT2D eigenvalue weighted by Gasteiger charge is 2.49. The van der Waals surface area contributed by atoms with Crippen LogP contribution in [0.4, 0.5) is 11.4 Å². The zero-order valence-electron chi connectivity index (χ0n) is 32.5. The van der Waals surface area contributed by atoms with Gasteiger partial charge in [0.2, 0.25) is 10.0 Å². The molecule has 1 saturated carbocycles. The summed E-state index contributed by atoms with van der Waals surface area (Å²) in [6.07, 6.45) is 14.9. The minimum absolute atomic E-state index is 0.0434. The molecule has 3 aromatic rings. The molecule has 14 heteroatoms. The largest absolute Gasteiger partial charge is 0.490 e. The van der Waals surface area contributed by atoms with Gasteiger partial charge in [0.1, 0.15) is 17.7 Å². The molecule has 2 fully saturated rings. The third kappa shape index (κ3) is 8.19. The predicted octanol–water partition coefficient (Wildman–Crippen LogP) is 5.35. The fourth-order valence-electron chi connectivity index (χ4n) is 9.06. The summed E-state index contributed by atoms with van der Waals surface area (Å²) in [7, 11) is -2.41. The molecule has 300 valence electrons. The number of hydrogen-bond donors (Lipinski definition) is 2. The first-order valence-corrected chi connectivity index (χ1v) is 21.7. The highest BCUT2D eigenvalue weighted by Crippen LogP contribution is 2.48. The van der Waals surface area contributed by atoms with E-state index in [2.05, 4.69) is 41.9 Å². The number of rotatable bonds is 3. The number of nitrogens with zero attached hydrogens (tertiary/aromatic N) is 4. The Morgan fingerprint density at radius 2 is 1.84 bits per heavy atom. The molecule has 8 rings (SSSR count). The molecule has 2 aliphatic carbocycles. The second kappa shape index (κ2) is 16.8. The van der Waals surface area contributed by atoms with E-state index in [4.69, 9.17) is 21.1 Å².